The Balaban J connectivity index is 1.78. The molecule has 2 N–H and O–H groups in total. The van der Waals surface area contributed by atoms with E-state index in [4.69, 9.17) is 16.3 Å². The minimum Gasteiger partial charge on any atom is -0.452 e. The van der Waals surface area contributed by atoms with Crippen LogP contribution in [0.15, 0.2) is 22.7 Å². The minimum absolute atomic E-state index is 0.103. The fourth-order valence-electron chi connectivity index (χ4n) is 2.32. The molecule has 1 fully saturated rings. The van der Waals surface area contributed by atoms with Crippen LogP contribution in [0.3, 0.4) is 0 Å². The predicted molar refractivity (Wildman–Crippen MR) is 88.4 cm³/mol. The van der Waals surface area contributed by atoms with Crippen molar-refractivity contribution in [3.63, 3.8) is 0 Å². The molecule has 0 unspecified atom stereocenters. The molecule has 1 aliphatic carbocycles. The van der Waals surface area contributed by atoms with Crippen LogP contribution in [0, 0.1) is 0 Å². The summed E-state index contributed by atoms with van der Waals surface area (Å²) in [5, 5.41) is 5.06. The number of halogens is 2. The first kappa shape index (κ1) is 17.7. The summed E-state index contributed by atoms with van der Waals surface area (Å²) in [7, 11) is 0. The Morgan fingerprint density at radius 3 is 2.65 bits per heavy atom. The van der Waals surface area contributed by atoms with Gasteiger partial charge in [-0.05, 0) is 31.0 Å². The molecule has 3 amide bonds. The third-order valence-corrected chi connectivity index (χ3v) is 4.25. The third kappa shape index (κ3) is 5.51. The van der Waals surface area contributed by atoms with Crippen molar-refractivity contribution in [2.75, 3.05) is 6.61 Å². The highest BCUT2D eigenvalue weighted by Gasteiger charge is 2.19. The fourth-order valence-corrected chi connectivity index (χ4v) is 2.87. The molecule has 1 aliphatic rings. The van der Waals surface area contributed by atoms with E-state index in [9.17, 15) is 14.4 Å². The lowest BCUT2D eigenvalue weighted by Gasteiger charge is -2.12. The Kier molecular flexibility index (Phi) is 6.41. The molecule has 0 radical (unpaired) electrons. The van der Waals surface area contributed by atoms with E-state index in [1.807, 2.05) is 0 Å². The highest BCUT2D eigenvalue weighted by Crippen LogP contribution is 2.21. The van der Waals surface area contributed by atoms with E-state index in [0.29, 0.717) is 4.47 Å². The zero-order valence-corrected chi connectivity index (χ0v) is 14.6. The van der Waals surface area contributed by atoms with E-state index in [2.05, 4.69) is 26.6 Å². The largest absolute Gasteiger partial charge is 0.452 e. The minimum atomic E-state index is -0.734. The normalized spacial score (nSPS) is 14.3. The molecule has 124 valence electrons. The van der Waals surface area contributed by atoms with Crippen LogP contribution in [0.5, 0.6) is 0 Å². The van der Waals surface area contributed by atoms with E-state index in [1.54, 1.807) is 6.07 Å². The quantitative estimate of drug-likeness (QED) is 0.757. The van der Waals surface area contributed by atoms with Gasteiger partial charge in [0.25, 0.3) is 5.91 Å². The van der Waals surface area contributed by atoms with Gasteiger partial charge in [0.2, 0.25) is 0 Å². The van der Waals surface area contributed by atoms with Gasteiger partial charge in [0.05, 0.1) is 10.6 Å². The maximum Gasteiger partial charge on any atom is 0.340 e. The number of hydrogen-bond acceptors (Lipinski definition) is 4. The summed E-state index contributed by atoms with van der Waals surface area (Å²) in [5.74, 6) is -1.43. The number of carbonyl (C=O) groups is 3. The van der Waals surface area contributed by atoms with Gasteiger partial charge in [-0.15, -0.1) is 0 Å². The van der Waals surface area contributed by atoms with Gasteiger partial charge in [-0.25, -0.2) is 9.59 Å². The molecule has 2 rings (SSSR count). The Bertz CT molecular complexity index is 617. The topological polar surface area (TPSA) is 84.5 Å². The summed E-state index contributed by atoms with van der Waals surface area (Å²) < 4.78 is 5.52. The summed E-state index contributed by atoms with van der Waals surface area (Å²) >= 11 is 9.12. The second kappa shape index (κ2) is 8.31. The Morgan fingerprint density at radius 2 is 1.96 bits per heavy atom. The van der Waals surface area contributed by atoms with Gasteiger partial charge in [0.1, 0.15) is 0 Å². The molecule has 0 atom stereocenters. The second-order valence-corrected chi connectivity index (χ2v) is 6.53. The van der Waals surface area contributed by atoms with Crippen molar-refractivity contribution >= 4 is 45.4 Å². The molecule has 0 bridgehead atoms. The molecule has 1 aromatic rings. The molecule has 0 saturated heterocycles. The maximum absolute atomic E-state index is 11.9. The standard InChI is InChI=1S/C15H16BrClN2O4/c16-9-5-6-12(17)11(7-9)14(21)23-8-13(20)19-15(22)18-10-3-1-2-4-10/h5-7,10H,1-4,8H2,(H2,18,19,20,22). The van der Waals surface area contributed by atoms with Crippen LogP contribution in [0.25, 0.3) is 0 Å². The molecule has 0 aliphatic heterocycles. The van der Waals surface area contributed by atoms with Crippen molar-refractivity contribution in [1.29, 1.82) is 0 Å². The van der Waals surface area contributed by atoms with Crippen molar-refractivity contribution in [3.8, 4) is 0 Å². The highest BCUT2D eigenvalue weighted by molar-refractivity contribution is 9.10. The van der Waals surface area contributed by atoms with Crippen LogP contribution in [-0.2, 0) is 9.53 Å². The van der Waals surface area contributed by atoms with Gasteiger partial charge in [-0.1, -0.05) is 40.4 Å². The molecule has 0 spiro atoms. The Hall–Kier alpha value is -1.60. The second-order valence-electron chi connectivity index (χ2n) is 5.20. The van der Waals surface area contributed by atoms with Crippen molar-refractivity contribution in [2.45, 2.75) is 31.7 Å². The number of amides is 3. The molecule has 1 saturated carbocycles. The molecular formula is C15H16BrClN2O4. The van der Waals surface area contributed by atoms with E-state index in [0.717, 1.165) is 25.7 Å². The number of ether oxygens (including phenoxy) is 1. The number of benzene rings is 1. The number of imide groups is 1. The molecule has 0 aromatic heterocycles. The molecule has 23 heavy (non-hydrogen) atoms. The number of nitrogens with one attached hydrogen (secondary N) is 2. The van der Waals surface area contributed by atoms with E-state index in [-0.39, 0.29) is 16.6 Å². The van der Waals surface area contributed by atoms with E-state index >= 15 is 0 Å². The van der Waals surface area contributed by atoms with Gasteiger partial charge >= 0.3 is 12.0 Å². The molecule has 1 aromatic carbocycles. The number of carbonyl (C=O) groups excluding carboxylic acids is 3. The third-order valence-electron chi connectivity index (χ3n) is 3.43. The van der Waals surface area contributed by atoms with Crippen LogP contribution in [-0.4, -0.2) is 30.6 Å². The first-order valence-corrected chi connectivity index (χ1v) is 8.35. The van der Waals surface area contributed by atoms with E-state index < -0.39 is 24.5 Å². The van der Waals surface area contributed by atoms with Gasteiger partial charge < -0.3 is 10.1 Å². The highest BCUT2D eigenvalue weighted by atomic mass is 79.9. The summed E-state index contributed by atoms with van der Waals surface area (Å²) in [4.78, 5) is 35.1. The zero-order valence-electron chi connectivity index (χ0n) is 12.2. The molecular weight excluding hydrogens is 388 g/mol. The lowest BCUT2D eigenvalue weighted by Crippen LogP contribution is -2.45. The zero-order chi connectivity index (χ0) is 16.8. The predicted octanol–water partition coefficient (Wildman–Crippen LogP) is 3.03. The van der Waals surface area contributed by atoms with Crippen LogP contribution in [0.4, 0.5) is 4.79 Å². The van der Waals surface area contributed by atoms with Gasteiger partial charge in [-0.3, -0.25) is 10.1 Å². The van der Waals surface area contributed by atoms with Gasteiger partial charge in [-0.2, -0.15) is 0 Å². The molecule has 0 heterocycles. The number of hydrogen-bond donors (Lipinski definition) is 2. The first-order chi connectivity index (χ1) is 11.0. The van der Waals surface area contributed by atoms with Crippen LogP contribution >= 0.6 is 27.5 Å². The first-order valence-electron chi connectivity index (χ1n) is 7.18. The summed E-state index contributed by atoms with van der Waals surface area (Å²) in [6.45, 7) is -0.556. The average Bonchev–Trinajstić information content (AvgIpc) is 3.00. The Labute approximate surface area is 147 Å². The van der Waals surface area contributed by atoms with Crippen molar-refractivity contribution in [1.82, 2.24) is 10.6 Å². The summed E-state index contributed by atoms with van der Waals surface area (Å²) in [6, 6.07) is 4.25. The Morgan fingerprint density at radius 1 is 1.26 bits per heavy atom. The number of esters is 1. The molecule has 6 nitrogen and oxygen atoms in total. The number of rotatable bonds is 4. The maximum atomic E-state index is 11.9. The number of urea groups is 1. The molecule has 8 heteroatoms. The SMILES string of the molecule is O=C(COC(=O)c1cc(Br)ccc1Cl)NC(=O)NC1CCCC1. The summed E-state index contributed by atoms with van der Waals surface area (Å²) in [6.07, 6.45) is 3.98. The van der Waals surface area contributed by atoms with Gasteiger partial charge in [0, 0.05) is 10.5 Å². The summed E-state index contributed by atoms with van der Waals surface area (Å²) in [5.41, 5.74) is 0.143. The van der Waals surface area contributed by atoms with E-state index in [1.165, 1.54) is 12.1 Å². The average molecular weight is 404 g/mol. The van der Waals surface area contributed by atoms with Crippen molar-refractivity contribution in [3.05, 3.63) is 33.3 Å². The van der Waals surface area contributed by atoms with Crippen molar-refractivity contribution < 1.29 is 19.1 Å². The lowest BCUT2D eigenvalue weighted by atomic mass is 10.2. The smallest absolute Gasteiger partial charge is 0.340 e. The van der Waals surface area contributed by atoms with Gasteiger partial charge in [0.15, 0.2) is 6.61 Å². The van der Waals surface area contributed by atoms with Crippen LogP contribution in [0.1, 0.15) is 36.0 Å². The van der Waals surface area contributed by atoms with Crippen LogP contribution in [0.2, 0.25) is 5.02 Å². The van der Waals surface area contributed by atoms with Crippen LogP contribution < -0.4 is 10.6 Å². The monoisotopic (exact) mass is 402 g/mol. The fraction of sp³-hybridized carbons (Fsp3) is 0.400. The van der Waals surface area contributed by atoms with Crippen molar-refractivity contribution in [2.24, 2.45) is 0 Å². The lowest BCUT2D eigenvalue weighted by molar-refractivity contribution is -0.123.